The average Bonchev–Trinajstić information content (AvgIpc) is 3.69. The van der Waals surface area contributed by atoms with Crippen molar-refractivity contribution < 1.29 is 24.4 Å². The summed E-state index contributed by atoms with van der Waals surface area (Å²) in [7, 11) is 0. The van der Waals surface area contributed by atoms with E-state index < -0.39 is 0 Å². The van der Waals surface area contributed by atoms with E-state index in [1.807, 2.05) is 6.07 Å². The van der Waals surface area contributed by atoms with Gasteiger partial charge in [-0.15, -0.1) is 44.9 Å². The summed E-state index contributed by atoms with van der Waals surface area (Å²) in [6.07, 6.45) is 0. The van der Waals surface area contributed by atoms with Gasteiger partial charge in [0.1, 0.15) is 62.2 Å². The molecule has 2 N–H and O–H groups in total. The lowest BCUT2D eigenvalue weighted by Gasteiger charge is -2.11. The normalized spacial score (nSPS) is 11.2. The van der Waals surface area contributed by atoms with Gasteiger partial charge in [0.05, 0.1) is 0 Å². The van der Waals surface area contributed by atoms with Crippen LogP contribution in [0.1, 0.15) is 0 Å². The first kappa shape index (κ1) is 29.9. The highest BCUT2D eigenvalue weighted by atomic mass is 35.5. The second-order valence-electron chi connectivity index (χ2n) is 10.3. The molecular weight excluding hydrogens is 673 g/mol. The van der Waals surface area contributed by atoms with Crippen LogP contribution in [0.15, 0.2) is 103 Å². The molecule has 0 radical (unpaired) electrons. The molecule has 0 fully saturated rings. The fourth-order valence-electron chi connectivity index (χ4n) is 4.72. The van der Waals surface area contributed by atoms with Gasteiger partial charge < -0.3 is 24.4 Å². The van der Waals surface area contributed by atoms with E-state index in [-0.39, 0.29) is 41.0 Å². The fourth-order valence-corrected chi connectivity index (χ4v) is 5.06. The molecule has 0 aliphatic heterocycles. The zero-order valence-electron chi connectivity index (χ0n) is 24.7. The molecule has 16 heteroatoms. The number of aromatic nitrogens is 9. The van der Waals surface area contributed by atoms with Crippen molar-refractivity contribution in [1.82, 2.24) is 44.9 Å². The number of aromatic hydroxyl groups is 2. The van der Waals surface area contributed by atoms with Gasteiger partial charge in [-0.05, 0) is 72.8 Å². The Hall–Kier alpha value is -6.51. The largest absolute Gasteiger partial charge is 0.505 e. The van der Waals surface area contributed by atoms with Crippen LogP contribution in [0, 0.1) is 0 Å². The Morgan fingerprint density at radius 2 is 0.878 bits per heavy atom. The number of fused-ring (bicyclic) bond motifs is 2. The van der Waals surface area contributed by atoms with E-state index in [4.69, 9.17) is 37.4 Å². The number of phenols is 2. The number of halogens is 2. The Labute approximate surface area is 285 Å². The van der Waals surface area contributed by atoms with Crippen LogP contribution in [-0.4, -0.2) is 55.2 Å². The summed E-state index contributed by atoms with van der Waals surface area (Å²) in [5, 5.41) is 40.3. The SMILES string of the molecule is Oc1cc(Oc2nc(Oc3ccccc3)nc(Oc3ccc(-n4nc5ccc(Cl)cc5n4)c(O)c3)n2)ccc1-n1nc2ccc(Cl)cc2n1. The van der Waals surface area contributed by atoms with Crippen molar-refractivity contribution >= 4 is 45.3 Å². The maximum absolute atomic E-state index is 10.8. The van der Waals surface area contributed by atoms with Crippen LogP contribution in [-0.2, 0) is 0 Å². The number of hydrogen-bond donors (Lipinski definition) is 2. The molecule has 0 atom stereocenters. The summed E-state index contributed by atoms with van der Waals surface area (Å²) in [6.45, 7) is 0. The standard InChI is InChI=1S/C33H19Cl2N9O5/c34-18-6-10-23-25(14-18)41-43(39-23)27-12-8-21(16-29(27)45)48-32-36-31(47-20-4-2-1-3-5-20)37-33(38-32)49-22-9-13-28(30(46)17-22)44-40-24-11-7-19(35)15-26(24)42-44/h1-17,45-46H. The lowest BCUT2D eigenvalue weighted by Crippen LogP contribution is -2.02. The van der Waals surface area contributed by atoms with Crippen molar-refractivity contribution in [3.63, 3.8) is 0 Å². The van der Waals surface area contributed by atoms with Gasteiger partial charge in [0, 0.05) is 22.2 Å². The number of hydrogen-bond acceptors (Lipinski definition) is 12. The van der Waals surface area contributed by atoms with E-state index in [9.17, 15) is 10.2 Å². The lowest BCUT2D eigenvalue weighted by atomic mass is 10.3. The maximum Gasteiger partial charge on any atom is 0.331 e. The summed E-state index contributed by atoms with van der Waals surface area (Å²) in [5.41, 5.74) is 2.95. The van der Waals surface area contributed by atoms with Crippen molar-refractivity contribution in [3.8, 4) is 58.2 Å². The zero-order valence-corrected chi connectivity index (χ0v) is 26.2. The molecule has 3 heterocycles. The molecule has 3 aromatic heterocycles. The molecule has 8 aromatic rings. The summed E-state index contributed by atoms with van der Waals surface area (Å²) < 4.78 is 17.6. The van der Waals surface area contributed by atoms with Gasteiger partial charge in [-0.1, -0.05) is 41.4 Å². The molecule has 0 saturated carbocycles. The van der Waals surface area contributed by atoms with Crippen LogP contribution < -0.4 is 14.2 Å². The monoisotopic (exact) mass is 691 g/mol. The van der Waals surface area contributed by atoms with Crippen molar-refractivity contribution in [2.45, 2.75) is 0 Å². The van der Waals surface area contributed by atoms with Crippen LogP contribution in [0.25, 0.3) is 33.4 Å². The molecule has 14 nitrogen and oxygen atoms in total. The third-order valence-corrected chi connectivity index (χ3v) is 7.42. The Bertz CT molecular complexity index is 2360. The molecule has 0 aliphatic rings. The second kappa shape index (κ2) is 12.3. The van der Waals surface area contributed by atoms with Crippen LogP contribution in [0.3, 0.4) is 0 Å². The first-order valence-corrected chi connectivity index (χ1v) is 15.2. The first-order chi connectivity index (χ1) is 23.8. The quantitative estimate of drug-likeness (QED) is 0.162. The minimum absolute atomic E-state index is 0.134. The summed E-state index contributed by atoms with van der Waals surface area (Å²) in [6, 6.07) is 27.6. The molecule has 0 unspecified atom stereocenters. The molecule has 0 spiro atoms. The average molecular weight is 692 g/mol. The van der Waals surface area contributed by atoms with E-state index in [0.717, 1.165) is 0 Å². The predicted octanol–water partition coefficient (Wildman–Crippen LogP) is 7.43. The first-order valence-electron chi connectivity index (χ1n) is 14.4. The number of para-hydroxylation sites is 1. The topological polar surface area (TPSA) is 168 Å². The molecule has 0 amide bonds. The van der Waals surface area contributed by atoms with E-state index in [0.29, 0.717) is 49.2 Å². The number of nitrogens with zero attached hydrogens (tertiary/aromatic N) is 9. The van der Waals surface area contributed by atoms with Crippen LogP contribution in [0.4, 0.5) is 0 Å². The Morgan fingerprint density at radius 1 is 0.449 bits per heavy atom. The van der Waals surface area contributed by atoms with Crippen molar-refractivity contribution in [2.75, 3.05) is 0 Å². The van der Waals surface area contributed by atoms with Gasteiger partial charge in [0.25, 0.3) is 0 Å². The molecule has 49 heavy (non-hydrogen) atoms. The van der Waals surface area contributed by atoms with E-state index in [2.05, 4.69) is 35.3 Å². The number of phenolic OH excluding ortho intramolecular Hbond substituents is 2. The minimum Gasteiger partial charge on any atom is -0.505 e. The van der Waals surface area contributed by atoms with Crippen molar-refractivity contribution in [3.05, 3.63) is 113 Å². The molecule has 0 saturated heterocycles. The number of rotatable bonds is 8. The Kier molecular flexibility index (Phi) is 7.47. The van der Waals surface area contributed by atoms with Gasteiger partial charge in [0.2, 0.25) is 0 Å². The summed E-state index contributed by atoms with van der Waals surface area (Å²) in [5.74, 6) is 0.481. The van der Waals surface area contributed by atoms with Crippen LogP contribution >= 0.6 is 23.2 Å². The number of ether oxygens (including phenoxy) is 3. The van der Waals surface area contributed by atoms with Crippen LogP contribution in [0.5, 0.6) is 46.8 Å². The molecule has 5 aromatic carbocycles. The lowest BCUT2D eigenvalue weighted by molar-refractivity contribution is 0.360. The highest BCUT2D eigenvalue weighted by Crippen LogP contribution is 2.33. The molecule has 0 aliphatic carbocycles. The van der Waals surface area contributed by atoms with E-state index in [1.54, 1.807) is 84.9 Å². The molecular formula is C33H19Cl2N9O5. The van der Waals surface area contributed by atoms with Crippen molar-refractivity contribution in [1.29, 1.82) is 0 Å². The highest BCUT2D eigenvalue weighted by molar-refractivity contribution is 6.31. The second-order valence-corrected chi connectivity index (χ2v) is 11.2. The van der Waals surface area contributed by atoms with Gasteiger partial charge in [-0.2, -0.15) is 0 Å². The van der Waals surface area contributed by atoms with Gasteiger partial charge in [-0.25, -0.2) is 0 Å². The molecule has 240 valence electrons. The van der Waals surface area contributed by atoms with E-state index in [1.165, 1.54) is 21.7 Å². The smallest absolute Gasteiger partial charge is 0.331 e. The Balaban J connectivity index is 1.08. The number of benzene rings is 5. The van der Waals surface area contributed by atoms with Gasteiger partial charge in [0.15, 0.2) is 0 Å². The third kappa shape index (κ3) is 6.28. The van der Waals surface area contributed by atoms with Gasteiger partial charge >= 0.3 is 18.0 Å². The molecule has 8 rings (SSSR count). The highest BCUT2D eigenvalue weighted by Gasteiger charge is 2.17. The van der Waals surface area contributed by atoms with Gasteiger partial charge in [-0.3, -0.25) is 0 Å². The maximum atomic E-state index is 10.8. The minimum atomic E-state index is -0.201. The van der Waals surface area contributed by atoms with E-state index >= 15 is 0 Å². The summed E-state index contributed by atoms with van der Waals surface area (Å²) in [4.78, 5) is 15.4. The predicted molar refractivity (Wildman–Crippen MR) is 178 cm³/mol. The Morgan fingerprint density at radius 3 is 1.33 bits per heavy atom. The summed E-state index contributed by atoms with van der Waals surface area (Å²) >= 11 is 12.1. The van der Waals surface area contributed by atoms with Crippen molar-refractivity contribution in [2.24, 2.45) is 0 Å². The zero-order chi connectivity index (χ0) is 33.5. The van der Waals surface area contributed by atoms with Crippen LogP contribution in [0.2, 0.25) is 10.0 Å². The fraction of sp³-hybridized carbons (Fsp3) is 0. The molecule has 0 bridgehead atoms. The third-order valence-electron chi connectivity index (χ3n) is 6.95.